The molecule has 0 fully saturated rings. The largest absolute Gasteiger partial charge is 0.453 e. The summed E-state index contributed by atoms with van der Waals surface area (Å²) >= 11 is 0. The van der Waals surface area contributed by atoms with Crippen LogP contribution >= 0.6 is 0 Å². The minimum Gasteiger partial charge on any atom is -0.439 e. The third-order valence-electron chi connectivity index (χ3n) is 3.06. The second-order valence-electron chi connectivity index (χ2n) is 5.19. The SMILES string of the molecule is CC(=O)Nc1ccc(Oc2cc(C)nc3nc(C(F)(F)F)nn23)cc1. The summed E-state index contributed by atoms with van der Waals surface area (Å²) in [6, 6.07) is 7.78. The average molecular weight is 351 g/mol. The Morgan fingerprint density at radius 1 is 1.20 bits per heavy atom. The molecule has 25 heavy (non-hydrogen) atoms. The fourth-order valence-corrected chi connectivity index (χ4v) is 2.08. The second kappa shape index (κ2) is 6.04. The maximum absolute atomic E-state index is 12.8. The minimum absolute atomic E-state index is 0.0396. The summed E-state index contributed by atoms with van der Waals surface area (Å²) < 4.78 is 44.9. The highest BCUT2D eigenvalue weighted by Crippen LogP contribution is 2.29. The molecular weight excluding hydrogens is 339 g/mol. The number of carbonyl (C=O) groups excluding carboxylic acids is 1. The molecule has 3 aromatic rings. The molecular formula is C15H12F3N5O2. The van der Waals surface area contributed by atoms with Crippen molar-refractivity contribution in [3.63, 3.8) is 0 Å². The van der Waals surface area contributed by atoms with Gasteiger partial charge in [0, 0.05) is 24.4 Å². The maximum atomic E-state index is 12.8. The first-order valence-electron chi connectivity index (χ1n) is 7.09. The summed E-state index contributed by atoms with van der Waals surface area (Å²) in [6.07, 6.45) is -4.68. The van der Waals surface area contributed by atoms with E-state index in [2.05, 4.69) is 20.4 Å². The van der Waals surface area contributed by atoms with Gasteiger partial charge in [-0.1, -0.05) is 0 Å². The van der Waals surface area contributed by atoms with Gasteiger partial charge in [0.25, 0.3) is 11.6 Å². The van der Waals surface area contributed by atoms with Gasteiger partial charge in [-0.3, -0.25) is 4.79 Å². The molecule has 0 saturated carbocycles. The van der Waals surface area contributed by atoms with Crippen molar-refractivity contribution in [3.05, 3.63) is 41.9 Å². The number of amides is 1. The number of anilines is 1. The van der Waals surface area contributed by atoms with Crippen LogP contribution in [0.1, 0.15) is 18.4 Å². The van der Waals surface area contributed by atoms with E-state index in [-0.39, 0.29) is 17.6 Å². The molecule has 10 heteroatoms. The summed E-state index contributed by atoms with van der Waals surface area (Å²) in [5, 5.41) is 6.01. The lowest BCUT2D eigenvalue weighted by Crippen LogP contribution is -2.08. The number of fused-ring (bicyclic) bond motifs is 1. The van der Waals surface area contributed by atoms with Gasteiger partial charge in [0.05, 0.1) is 0 Å². The van der Waals surface area contributed by atoms with Crippen molar-refractivity contribution < 1.29 is 22.7 Å². The number of ether oxygens (including phenoxy) is 1. The van der Waals surface area contributed by atoms with Crippen LogP contribution in [-0.4, -0.2) is 25.5 Å². The first kappa shape index (κ1) is 16.7. The van der Waals surface area contributed by atoms with E-state index in [0.717, 1.165) is 4.52 Å². The number of nitrogens with one attached hydrogen (secondary N) is 1. The molecule has 7 nitrogen and oxygen atoms in total. The van der Waals surface area contributed by atoms with Gasteiger partial charge in [-0.15, -0.1) is 5.10 Å². The van der Waals surface area contributed by atoms with E-state index >= 15 is 0 Å². The Morgan fingerprint density at radius 3 is 2.48 bits per heavy atom. The predicted octanol–water partition coefficient (Wildman–Crippen LogP) is 3.20. The summed E-state index contributed by atoms with van der Waals surface area (Å²) in [4.78, 5) is 18.3. The number of aromatic nitrogens is 4. The molecule has 1 amide bonds. The van der Waals surface area contributed by atoms with Crippen molar-refractivity contribution in [2.75, 3.05) is 5.32 Å². The molecule has 0 bridgehead atoms. The Labute approximate surface area is 139 Å². The number of nitrogens with zero attached hydrogens (tertiary/aromatic N) is 4. The highest BCUT2D eigenvalue weighted by Gasteiger charge is 2.37. The van der Waals surface area contributed by atoms with Gasteiger partial charge in [-0.25, -0.2) is 4.98 Å². The summed E-state index contributed by atoms with van der Waals surface area (Å²) in [5.41, 5.74) is 0.995. The topological polar surface area (TPSA) is 81.4 Å². The standard InChI is InChI=1S/C15H12F3N5O2/c1-8-7-12(23-14(19-8)21-13(22-23)15(16,17)18)25-11-5-3-10(4-6-11)20-9(2)24/h3-7H,1-2H3,(H,20,24). The van der Waals surface area contributed by atoms with Crippen LogP contribution in [0.4, 0.5) is 18.9 Å². The third kappa shape index (κ3) is 3.67. The van der Waals surface area contributed by atoms with Crippen LogP contribution < -0.4 is 10.1 Å². The summed E-state index contributed by atoms with van der Waals surface area (Å²) in [6.45, 7) is 2.98. The molecule has 2 aromatic heterocycles. The van der Waals surface area contributed by atoms with Crippen LogP contribution in [-0.2, 0) is 11.0 Å². The Morgan fingerprint density at radius 2 is 1.88 bits per heavy atom. The molecule has 1 N–H and O–H groups in total. The molecule has 0 saturated heterocycles. The first-order valence-corrected chi connectivity index (χ1v) is 7.09. The fraction of sp³-hybridized carbons (Fsp3) is 0.200. The van der Waals surface area contributed by atoms with Crippen LogP contribution in [0.3, 0.4) is 0 Å². The molecule has 1 aromatic carbocycles. The van der Waals surface area contributed by atoms with Crippen LogP contribution in [0.15, 0.2) is 30.3 Å². The van der Waals surface area contributed by atoms with Crippen molar-refractivity contribution in [3.8, 4) is 11.6 Å². The normalized spacial score (nSPS) is 11.6. The maximum Gasteiger partial charge on any atom is 0.453 e. The Bertz CT molecular complexity index is 935. The lowest BCUT2D eigenvalue weighted by atomic mass is 10.3. The van der Waals surface area contributed by atoms with E-state index in [1.807, 2.05) is 0 Å². The Kier molecular flexibility index (Phi) is 4.03. The molecule has 3 rings (SSSR count). The number of rotatable bonds is 3. The van der Waals surface area contributed by atoms with Gasteiger partial charge >= 0.3 is 6.18 Å². The van der Waals surface area contributed by atoms with Gasteiger partial charge in [0.2, 0.25) is 11.8 Å². The lowest BCUT2D eigenvalue weighted by Gasteiger charge is -2.08. The van der Waals surface area contributed by atoms with Gasteiger partial charge < -0.3 is 10.1 Å². The van der Waals surface area contributed by atoms with E-state index < -0.39 is 12.0 Å². The fourth-order valence-electron chi connectivity index (χ4n) is 2.08. The summed E-state index contributed by atoms with van der Waals surface area (Å²) in [5.74, 6) is -1.33. The molecule has 0 aliphatic rings. The van der Waals surface area contributed by atoms with Crippen molar-refractivity contribution in [2.45, 2.75) is 20.0 Å². The average Bonchev–Trinajstić information content (AvgIpc) is 2.93. The first-order chi connectivity index (χ1) is 11.7. The smallest absolute Gasteiger partial charge is 0.439 e. The van der Waals surface area contributed by atoms with Crippen LogP contribution in [0.2, 0.25) is 0 Å². The highest BCUT2D eigenvalue weighted by atomic mass is 19.4. The zero-order valence-corrected chi connectivity index (χ0v) is 13.1. The third-order valence-corrected chi connectivity index (χ3v) is 3.06. The minimum atomic E-state index is -4.68. The molecule has 0 radical (unpaired) electrons. The van der Waals surface area contributed by atoms with E-state index in [1.54, 1.807) is 31.2 Å². The van der Waals surface area contributed by atoms with Crippen molar-refractivity contribution >= 4 is 17.4 Å². The molecule has 0 unspecified atom stereocenters. The van der Waals surface area contributed by atoms with Crippen LogP contribution in [0, 0.1) is 6.92 Å². The van der Waals surface area contributed by atoms with E-state index in [1.165, 1.54) is 13.0 Å². The van der Waals surface area contributed by atoms with Crippen molar-refractivity contribution in [1.82, 2.24) is 19.6 Å². The number of benzene rings is 1. The van der Waals surface area contributed by atoms with Crippen LogP contribution in [0.25, 0.3) is 5.78 Å². The molecule has 0 spiro atoms. The molecule has 0 atom stereocenters. The van der Waals surface area contributed by atoms with Crippen molar-refractivity contribution in [1.29, 1.82) is 0 Å². The van der Waals surface area contributed by atoms with Crippen LogP contribution in [0.5, 0.6) is 11.6 Å². The number of carbonyl (C=O) groups is 1. The lowest BCUT2D eigenvalue weighted by molar-refractivity contribution is -0.144. The summed E-state index contributed by atoms with van der Waals surface area (Å²) in [7, 11) is 0. The van der Waals surface area contributed by atoms with Gasteiger partial charge in [-0.2, -0.15) is 22.7 Å². The number of halogens is 3. The Hall–Kier alpha value is -3.17. The number of hydrogen-bond donors (Lipinski definition) is 1. The second-order valence-corrected chi connectivity index (χ2v) is 5.19. The number of aryl methyl sites for hydroxylation is 1. The van der Waals surface area contributed by atoms with E-state index in [9.17, 15) is 18.0 Å². The molecule has 130 valence electrons. The zero-order valence-electron chi connectivity index (χ0n) is 13.1. The monoisotopic (exact) mass is 351 g/mol. The number of hydrogen-bond acceptors (Lipinski definition) is 5. The van der Waals surface area contributed by atoms with Gasteiger partial charge in [-0.05, 0) is 31.2 Å². The highest BCUT2D eigenvalue weighted by molar-refractivity contribution is 5.88. The molecule has 0 aliphatic carbocycles. The van der Waals surface area contributed by atoms with Gasteiger partial charge in [0.1, 0.15) is 5.75 Å². The van der Waals surface area contributed by atoms with Gasteiger partial charge in [0.15, 0.2) is 0 Å². The Balaban J connectivity index is 1.95. The quantitative estimate of drug-likeness (QED) is 0.784. The van der Waals surface area contributed by atoms with Crippen molar-refractivity contribution in [2.24, 2.45) is 0 Å². The van der Waals surface area contributed by atoms with E-state index in [4.69, 9.17) is 4.74 Å². The van der Waals surface area contributed by atoms with E-state index in [0.29, 0.717) is 17.1 Å². The number of alkyl halides is 3. The molecule has 0 aliphatic heterocycles. The zero-order chi connectivity index (χ0) is 18.2. The predicted molar refractivity (Wildman–Crippen MR) is 81.3 cm³/mol. The molecule has 2 heterocycles.